The first-order valence-corrected chi connectivity index (χ1v) is 14.7. The van der Waals surface area contributed by atoms with Crippen LogP contribution in [0.5, 0.6) is 0 Å². The van der Waals surface area contributed by atoms with Crippen LogP contribution in [-0.4, -0.2) is 16.6 Å². The van der Waals surface area contributed by atoms with Crippen molar-refractivity contribution in [3.05, 3.63) is 98.6 Å². The molecular formula is C34H38N2O4. The van der Waals surface area contributed by atoms with Crippen LogP contribution >= 0.6 is 0 Å². The Labute approximate surface area is 236 Å². The summed E-state index contributed by atoms with van der Waals surface area (Å²) in [6, 6.07) is 19.6. The van der Waals surface area contributed by atoms with Gasteiger partial charge in [0.15, 0.2) is 0 Å². The first-order chi connectivity index (χ1) is 19.4. The number of non-ortho nitro benzene ring substituents is 1. The maximum absolute atomic E-state index is 13.0. The van der Waals surface area contributed by atoms with Gasteiger partial charge in [0.25, 0.3) is 5.69 Å². The zero-order chi connectivity index (χ0) is 28.3. The zero-order valence-electron chi connectivity index (χ0n) is 23.7. The third-order valence-corrected chi connectivity index (χ3v) is 8.75. The molecule has 0 heterocycles. The first-order valence-electron chi connectivity index (χ1n) is 14.7. The van der Waals surface area contributed by atoms with Gasteiger partial charge in [0.2, 0.25) is 0 Å². The van der Waals surface area contributed by atoms with Crippen LogP contribution in [0.3, 0.4) is 0 Å². The molecule has 0 radical (unpaired) electrons. The summed E-state index contributed by atoms with van der Waals surface area (Å²) in [4.78, 5) is 30.0. The number of fused-ring (bicyclic) bond motifs is 3. The highest BCUT2D eigenvalue weighted by Gasteiger charge is 2.43. The van der Waals surface area contributed by atoms with Gasteiger partial charge in [0.1, 0.15) is 5.71 Å². The fourth-order valence-electron chi connectivity index (χ4n) is 6.86. The lowest BCUT2D eigenvalue weighted by Gasteiger charge is -2.32. The summed E-state index contributed by atoms with van der Waals surface area (Å²) >= 11 is 0. The van der Waals surface area contributed by atoms with Crippen LogP contribution in [0.4, 0.5) is 5.69 Å². The van der Waals surface area contributed by atoms with Crippen LogP contribution in [0.25, 0.3) is 11.1 Å². The number of oxime groups is 1. The minimum Gasteiger partial charge on any atom is -0.317 e. The van der Waals surface area contributed by atoms with Crippen molar-refractivity contribution in [2.75, 3.05) is 0 Å². The van der Waals surface area contributed by atoms with Gasteiger partial charge < -0.3 is 4.84 Å². The van der Waals surface area contributed by atoms with Crippen molar-refractivity contribution >= 4 is 17.4 Å². The SMILES string of the molecule is CCCC1(CCC)c2cc(/C(=N/OC(=O)C3CCCCC3)c3ccccc3C)ccc2-c2ccc([N+](=O)[O-])cc21. The predicted molar refractivity (Wildman–Crippen MR) is 159 cm³/mol. The average Bonchev–Trinajstić information content (AvgIpc) is 3.23. The van der Waals surface area contributed by atoms with E-state index in [1.165, 1.54) is 12.0 Å². The number of aryl methyl sites for hydroxylation is 1. The molecule has 3 aromatic rings. The largest absolute Gasteiger partial charge is 0.338 e. The van der Waals surface area contributed by atoms with Crippen molar-refractivity contribution in [1.82, 2.24) is 0 Å². The molecule has 0 saturated heterocycles. The van der Waals surface area contributed by atoms with Gasteiger partial charge in [0, 0.05) is 28.7 Å². The van der Waals surface area contributed by atoms with Gasteiger partial charge in [-0.05, 0) is 72.6 Å². The van der Waals surface area contributed by atoms with Crippen molar-refractivity contribution in [2.45, 2.75) is 84.0 Å². The second kappa shape index (κ2) is 11.7. The molecule has 2 aliphatic carbocycles. The molecule has 5 rings (SSSR count). The predicted octanol–water partition coefficient (Wildman–Crippen LogP) is 8.65. The summed E-state index contributed by atoms with van der Waals surface area (Å²) < 4.78 is 0. The van der Waals surface area contributed by atoms with E-state index in [1.54, 1.807) is 12.1 Å². The lowest BCUT2D eigenvalue weighted by molar-refractivity contribution is -0.384. The van der Waals surface area contributed by atoms with Gasteiger partial charge in [-0.25, -0.2) is 4.79 Å². The number of carbonyl (C=O) groups is 1. The van der Waals surface area contributed by atoms with Gasteiger partial charge in [-0.3, -0.25) is 10.1 Å². The van der Waals surface area contributed by atoms with Crippen LogP contribution in [0.15, 0.2) is 65.8 Å². The molecule has 208 valence electrons. The van der Waals surface area contributed by atoms with Crippen LogP contribution in [0.2, 0.25) is 0 Å². The normalized spacial score (nSPS) is 16.3. The molecule has 6 heteroatoms. The van der Waals surface area contributed by atoms with E-state index in [2.05, 4.69) is 31.1 Å². The number of carbonyl (C=O) groups excluding carboxylic acids is 1. The lowest BCUT2D eigenvalue weighted by atomic mass is 9.71. The van der Waals surface area contributed by atoms with Gasteiger partial charge in [-0.15, -0.1) is 0 Å². The molecule has 0 aliphatic heterocycles. The molecule has 0 N–H and O–H groups in total. The molecule has 2 aliphatic rings. The minimum absolute atomic E-state index is 0.0947. The van der Waals surface area contributed by atoms with Crippen LogP contribution in [-0.2, 0) is 15.0 Å². The van der Waals surface area contributed by atoms with E-state index in [0.717, 1.165) is 84.7 Å². The summed E-state index contributed by atoms with van der Waals surface area (Å²) in [7, 11) is 0. The van der Waals surface area contributed by atoms with Crippen molar-refractivity contribution < 1.29 is 14.6 Å². The van der Waals surface area contributed by atoms with Gasteiger partial charge in [-0.1, -0.05) is 87.5 Å². The van der Waals surface area contributed by atoms with E-state index < -0.39 is 0 Å². The van der Waals surface area contributed by atoms with Gasteiger partial charge in [0.05, 0.1) is 10.8 Å². The van der Waals surface area contributed by atoms with Crippen LogP contribution < -0.4 is 0 Å². The summed E-state index contributed by atoms with van der Waals surface area (Å²) in [5.41, 5.74) is 7.65. The Morgan fingerprint density at radius 2 is 1.60 bits per heavy atom. The van der Waals surface area contributed by atoms with E-state index >= 15 is 0 Å². The highest BCUT2D eigenvalue weighted by Crippen LogP contribution is 2.54. The monoisotopic (exact) mass is 538 g/mol. The lowest BCUT2D eigenvalue weighted by Crippen LogP contribution is -2.25. The maximum atomic E-state index is 13.0. The quantitative estimate of drug-likeness (QED) is 0.118. The standard InChI is InChI=1S/C34H38N2O4/c1-4-19-34(20-5-2)30-21-25(15-17-28(30)29-18-16-26(36(38)39)22-31(29)34)32(27-14-10-9-11-23(27)3)35-40-33(37)24-12-7-6-8-13-24/h9-11,14-18,21-22,24H,4-8,12-13,19-20H2,1-3H3/b35-32-. The van der Waals surface area contributed by atoms with E-state index in [0.29, 0.717) is 5.71 Å². The number of rotatable bonds is 9. The second-order valence-electron chi connectivity index (χ2n) is 11.3. The summed E-state index contributed by atoms with van der Waals surface area (Å²) in [5.74, 6) is -0.347. The number of hydrogen-bond donors (Lipinski definition) is 0. The Hall–Kier alpha value is -3.80. The molecule has 0 bridgehead atoms. The Kier molecular flexibility index (Phi) is 8.15. The fourth-order valence-corrected chi connectivity index (χ4v) is 6.86. The molecule has 0 atom stereocenters. The Bertz CT molecular complexity index is 1450. The zero-order valence-corrected chi connectivity index (χ0v) is 23.7. The number of hydrogen-bond acceptors (Lipinski definition) is 5. The van der Waals surface area contributed by atoms with Crippen molar-refractivity contribution in [1.29, 1.82) is 0 Å². The van der Waals surface area contributed by atoms with Gasteiger partial charge >= 0.3 is 5.97 Å². The molecule has 0 aromatic heterocycles. The van der Waals surface area contributed by atoms with Crippen LogP contribution in [0.1, 0.15) is 99.5 Å². The number of benzene rings is 3. The van der Waals surface area contributed by atoms with E-state index in [4.69, 9.17) is 4.84 Å². The number of nitrogens with zero attached hydrogens (tertiary/aromatic N) is 2. The summed E-state index contributed by atoms with van der Waals surface area (Å²) in [6.07, 6.45) is 8.65. The van der Waals surface area contributed by atoms with Crippen molar-refractivity contribution in [3.8, 4) is 11.1 Å². The molecule has 0 unspecified atom stereocenters. The summed E-state index contributed by atoms with van der Waals surface area (Å²) in [5, 5.41) is 16.3. The Morgan fingerprint density at radius 1 is 0.950 bits per heavy atom. The highest BCUT2D eigenvalue weighted by molar-refractivity contribution is 6.14. The van der Waals surface area contributed by atoms with Crippen molar-refractivity contribution in [3.63, 3.8) is 0 Å². The minimum atomic E-state index is -0.328. The second-order valence-corrected chi connectivity index (χ2v) is 11.3. The third kappa shape index (κ3) is 5.07. The van der Waals surface area contributed by atoms with E-state index in [-0.39, 0.29) is 27.9 Å². The smallest absolute Gasteiger partial charge is 0.317 e. The maximum Gasteiger partial charge on any atom is 0.338 e. The third-order valence-electron chi connectivity index (χ3n) is 8.75. The topological polar surface area (TPSA) is 81.8 Å². The average molecular weight is 539 g/mol. The molecule has 3 aromatic carbocycles. The first kappa shape index (κ1) is 27.8. The number of nitro benzene ring substituents is 1. The molecular weight excluding hydrogens is 500 g/mol. The Morgan fingerprint density at radius 3 is 2.25 bits per heavy atom. The Balaban J connectivity index is 1.64. The highest BCUT2D eigenvalue weighted by atomic mass is 16.7. The molecule has 1 fully saturated rings. The summed E-state index contributed by atoms with van der Waals surface area (Å²) in [6.45, 7) is 6.37. The molecule has 0 spiro atoms. The molecule has 1 saturated carbocycles. The molecule has 40 heavy (non-hydrogen) atoms. The van der Waals surface area contributed by atoms with Gasteiger partial charge in [-0.2, -0.15) is 0 Å². The number of nitro groups is 1. The van der Waals surface area contributed by atoms with E-state index in [1.807, 2.05) is 43.3 Å². The van der Waals surface area contributed by atoms with Crippen molar-refractivity contribution in [2.24, 2.45) is 11.1 Å². The fraction of sp³-hybridized carbons (Fsp3) is 0.412. The molecule has 6 nitrogen and oxygen atoms in total. The molecule has 0 amide bonds. The van der Waals surface area contributed by atoms with E-state index in [9.17, 15) is 14.9 Å². The van der Waals surface area contributed by atoms with Crippen LogP contribution in [0, 0.1) is 23.0 Å².